The number of rotatable bonds is 0. The zero-order chi connectivity index (χ0) is 10.3. The van der Waals surface area contributed by atoms with E-state index >= 15 is 0 Å². The molecule has 2 aliphatic carbocycles. The maximum Gasteiger partial charge on any atom is 0.155 e. The molecule has 15 heavy (non-hydrogen) atoms. The van der Waals surface area contributed by atoms with Gasteiger partial charge in [0.2, 0.25) is 0 Å². The van der Waals surface area contributed by atoms with Crippen molar-refractivity contribution in [2.45, 2.75) is 50.5 Å². The smallest absolute Gasteiger partial charge is 0.155 e. The highest BCUT2D eigenvalue weighted by Gasteiger charge is 2.41. The molecule has 3 rings (SSSR count). The molecule has 1 saturated heterocycles. The van der Waals surface area contributed by atoms with Crippen molar-refractivity contribution in [2.24, 2.45) is 5.92 Å². The molecule has 0 bridgehead atoms. The van der Waals surface area contributed by atoms with Crippen molar-refractivity contribution in [3.63, 3.8) is 0 Å². The van der Waals surface area contributed by atoms with E-state index in [0.29, 0.717) is 11.7 Å². The summed E-state index contributed by atoms with van der Waals surface area (Å²) < 4.78 is 5.91. The third kappa shape index (κ3) is 1.65. The van der Waals surface area contributed by atoms with Gasteiger partial charge in [-0.25, -0.2) is 0 Å². The monoisotopic (exact) mass is 206 g/mol. The number of hydrogen-bond donors (Lipinski definition) is 0. The van der Waals surface area contributed by atoms with Gasteiger partial charge >= 0.3 is 0 Å². The number of fused-ring (bicyclic) bond motifs is 1. The highest BCUT2D eigenvalue weighted by molar-refractivity contribution is 5.91. The Morgan fingerprint density at radius 1 is 1.33 bits per heavy atom. The van der Waals surface area contributed by atoms with Gasteiger partial charge in [-0.2, -0.15) is 0 Å². The number of ether oxygens (including phenoxy) is 1. The molecule has 2 atom stereocenters. The van der Waals surface area contributed by atoms with Gasteiger partial charge in [0.05, 0.1) is 5.60 Å². The minimum atomic E-state index is 0.125. The zero-order valence-corrected chi connectivity index (χ0v) is 9.13. The minimum absolute atomic E-state index is 0.125. The Hall–Kier alpha value is -0.630. The van der Waals surface area contributed by atoms with Crippen molar-refractivity contribution < 1.29 is 9.53 Å². The van der Waals surface area contributed by atoms with E-state index in [0.717, 1.165) is 25.9 Å². The van der Waals surface area contributed by atoms with Gasteiger partial charge in [0.15, 0.2) is 5.78 Å². The molecule has 0 amide bonds. The fourth-order valence-electron chi connectivity index (χ4n) is 3.41. The minimum Gasteiger partial charge on any atom is -0.375 e. The second-order valence-electron chi connectivity index (χ2n) is 5.27. The van der Waals surface area contributed by atoms with E-state index in [1.165, 1.54) is 31.3 Å². The van der Waals surface area contributed by atoms with E-state index in [4.69, 9.17) is 4.74 Å². The van der Waals surface area contributed by atoms with Crippen LogP contribution in [0.4, 0.5) is 0 Å². The summed E-state index contributed by atoms with van der Waals surface area (Å²) >= 11 is 0. The largest absolute Gasteiger partial charge is 0.375 e. The first-order chi connectivity index (χ1) is 7.27. The lowest BCUT2D eigenvalue weighted by molar-refractivity contribution is -0.115. The molecule has 2 fully saturated rings. The summed E-state index contributed by atoms with van der Waals surface area (Å²) in [7, 11) is 0. The number of ketones is 1. The van der Waals surface area contributed by atoms with Crippen LogP contribution >= 0.6 is 0 Å². The fourth-order valence-corrected chi connectivity index (χ4v) is 3.41. The summed E-state index contributed by atoms with van der Waals surface area (Å²) in [5, 5.41) is 0. The lowest BCUT2D eigenvalue weighted by Crippen LogP contribution is -2.36. The summed E-state index contributed by atoms with van der Waals surface area (Å²) in [6.07, 6.45) is 9.64. The Bertz CT molecular complexity index is 310. The van der Waals surface area contributed by atoms with Crippen LogP contribution in [0, 0.1) is 5.92 Å². The van der Waals surface area contributed by atoms with Gasteiger partial charge in [-0.1, -0.05) is 5.57 Å². The summed E-state index contributed by atoms with van der Waals surface area (Å²) in [5.41, 5.74) is 1.51. The van der Waals surface area contributed by atoms with Crippen LogP contribution in [0.15, 0.2) is 11.6 Å². The molecule has 1 heterocycles. The third-order valence-electron chi connectivity index (χ3n) is 4.27. The number of carbonyl (C=O) groups is 1. The molecule has 0 N–H and O–H groups in total. The van der Waals surface area contributed by atoms with Crippen LogP contribution in [0.1, 0.15) is 44.9 Å². The molecule has 2 unspecified atom stereocenters. The molecular formula is C13H18O2. The van der Waals surface area contributed by atoms with E-state index in [1.54, 1.807) is 0 Å². The van der Waals surface area contributed by atoms with E-state index in [1.807, 2.05) is 6.08 Å². The molecule has 1 aliphatic heterocycles. The Morgan fingerprint density at radius 2 is 2.27 bits per heavy atom. The van der Waals surface area contributed by atoms with Gasteiger partial charge in [0, 0.05) is 13.0 Å². The summed E-state index contributed by atoms with van der Waals surface area (Å²) in [5.74, 6) is 1.02. The maximum absolute atomic E-state index is 11.4. The highest BCUT2D eigenvalue weighted by atomic mass is 16.5. The first-order valence-corrected chi connectivity index (χ1v) is 6.15. The second kappa shape index (κ2) is 3.44. The average Bonchev–Trinajstić information content (AvgIpc) is 2.66. The summed E-state index contributed by atoms with van der Waals surface area (Å²) in [6.45, 7) is 0.923. The van der Waals surface area contributed by atoms with E-state index < -0.39 is 0 Å². The second-order valence-corrected chi connectivity index (χ2v) is 5.27. The summed E-state index contributed by atoms with van der Waals surface area (Å²) in [4.78, 5) is 11.4. The molecule has 1 saturated carbocycles. The summed E-state index contributed by atoms with van der Waals surface area (Å²) in [6, 6.07) is 0. The molecule has 1 spiro atoms. The van der Waals surface area contributed by atoms with Crippen LogP contribution in [0.5, 0.6) is 0 Å². The predicted molar refractivity (Wildman–Crippen MR) is 57.6 cm³/mol. The molecule has 2 heteroatoms. The van der Waals surface area contributed by atoms with Crippen LogP contribution in [0.25, 0.3) is 0 Å². The van der Waals surface area contributed by atoms with E-state index in [2.05, 4.69) is 0 Å². The van der Waals surface area contributed by atoms with Crippen molar-refractivity contribution in [1.29, 1.82) is 0 Å². The Morgan fingerprint density at radius 3 is 3.07 bits per heavy atom. The maximum atomic E-state index is 11.4. The Labute approximate surface area is 90.7 Å². The Balaban J connectivity index is 1.82. The zero-order valence-electron chi connectivity index (χ0n) is 9.13. The van der Waals surface area contributed by atoms with E-state index in [9.17, 15) is 4.79 Å². The topological polar surface area (TPSA) is 26.3 Å². The lowest BCUT2D eigenvalue weighted by Gasteiger charge is -2.39. The van der Waals surface area contributed by atoms with E-state index in [-0.39, 0.29) is 5.60 Å². The molecular weight excluding hydrogens is 188 g/mol. The molecule has 3 aliphatic rings. The van der Waals surface area contributed by atoms with Crippen LogP contribution in [-0.4, -0.2) is 18.0 Å². The number of hydrogen-bond acceptors (Lipinski definition) is 2. The van der Waals surface area contributed by atoms with Crippen molar-refractivity contribution in [3.05, 3.63) is 11.6 Å². The molecule has 0 aromatic heterocycles. The standard InChI is InChI=1S/C13H18O2/c14-12-3-2-10-4-6-13(5-1-7-15-13)9-11(10)8-12/h8,10H,1-7,9H2. The van der Waals surface area contributed by atoms with Crippen molar-refractivity contribution in [1.82, 2.24) is 0 Å². The Kier molecular flexibility index (Phi) is 2.20. The van der Waals surface area contributed by atoms with Gasteiger partial charge in [-0.3, -0.25) is 4.79 Å². The first-order valence-electron chi connectivity index (χ1n) is 6.15. The van der Waals surface area contributed by atoms with Crippen LogP contribution in [-0.2, 0) is 9.53 Å². The first kappa shape index (κ1) is 9.59. The van der Waals surface area contributed by atoms with Gasteiger partial charge in [0.25, 0.3) is 0 Å². The SMILES string of the molecule is O=C1C=C2CC3(CCCO3)CCC2CC1. The van der Waals surface area contributed by atoms with Gasteiger partial charge in [0.1, 0.15) is 0 Å². The van der Waals surface area contributed by atoms with Crippen molar-refractivity contribution >= 4 is 5.78 Å². The molecule has 0 radical (unpaired) electrons. The van der Waals surface area contributed by atoms with Crippen LogP contribution < -0.4 is 0 Å². The van der Waals surface area contributed by atoms with Gasteiger partial charge in [-0.05, 0) is 50.5 Å². The highest BCUT2D eigenvalue weighted by Crippen LogP contribution is 2.46. The van der Waals surface area contributed by atoms with Crippen LogP contribution in [0.3, 0.4) is 0 Å². The average molecular weight is 206 g/mol. The number of carbonyl (C=O) groups excluding carboxylic acids is 1. The quantitative estimate of drug-likeness (QED) is 0.609. The van der Waals surface area contributed by atoms with Gasteiger partial charge < -0.3 is 4.74 Å². The molecule has 0 aromatic carbocycles. The van der Waals surface area contributed by atoms with Crippen molar-refractivity contribution in [2.75, 3.05) is 6.61 Å². The fraction of sp³-hybridized carbons (Fsp3) is 0.769. The predicted octanol–water partition coefficient (Wildman–Crippen LogP) is 2.63. The lowest BCUT2D eigenvalue weighted by atomic mass is 9.70. The molecule has 2 nitrogen and oxygen atoms in total. The molecule has 0 aromatic rings. The van der Waals surface area contributed by atoms with Crippen LogP contribution in [0.2, 0.25) is 0 Å². The van der Waals surface area contributed by atoms with Crippen molar-refractivity contribution in [3.8, 4) is 0 Å². The third-order valence-corrected chi connectivity index (χ3v) is 4.27. The van der Waals surface area contributed by atoms with Gasteiger partial charge in [-0.15, -0.1) is 0 Å². The number of allylic oxidation sites excluding steroid dienone is 1. The molecule has 82 valence electrons. The normalized spacial score (nSPS) is 40.4.